The van der Waals surface area contributed by atoms with Crippen molar-refractivity contribution in [3.8, 4) is 0 Å². The van der Waals surface area contributed by atoms with Crippen LogP contribution in [0.4, 0.5) is 5.95 Å². The van der Waals surface area contributed by atoms with Crippen LogP contribution in [0.15, 0.2) is 0 Å². The largest absolute Gasteiger partial charge is 0.353 e. The van der Waals surface area contributed by atoms with Crippen molar-refractivity contribution in [2.45, 2.75) is 70.9 Å². The standard InChI is InChI=1S/C19H29N5O2S/c1-11(2)10-23-17(26)14-8-7-12(16(25)20-13-5-3-4-6-13)9-15(14)24-18(23)21-22-19(24)27/h11-15H,3-10H2,1-2H3,(H,20,25)(H,22,27). The van der Waals surface area contributed by atoms with Crippen LogP contribution in [0.25, 0.3) is 0 Å². The van der Waals surface area contributed by atoms with Crippen molar-refractivity contribution >= 4 is 30.0 Å². The predicted molar refractivity (Wildman–Crippen MR) is 105 cm³/mol. The van der Waals surface area contributed by atoms with Crippen molar-refractivity contribution in [3.63, 3.8) is 0 Å². The van der Waals surface area contributed by atoms with Crippen molar-refractivity contribution in [3.05, 3.63) is 4.77 Å². The van der Waals surface area contributed by atoms with Gasteiger partial charge in [-0.15, -0.1) is 5.10 Å². The number of aromatic nitrogens is 3. The van der Waals surface area contributed by atoms with Crippen molar-refractivity contribution in [1.82, 2.24) is 20.1 Å². The highest BCUT2D eigenvalue weighted by molar-refractivity contribution is 7.71. The van der Waals surface area contributed by atoms with Gasteiger partial charge in [0.15, 0.2) is 4.77 Å². The fourth-order valence-electron chi connectivity index (χ4n) is 4.97. The van der Waals surface area contributed by atoms with Gasteiger partial charge in [0, 0.05) is 18.5 Å². The molecule has 2 fully saturated rings. The summed E-state index contributed by atoms with van der Waals surface area (Å²) in [5, 5.41) is 10.4. The molecule has 0 bridgehead atoms. The van der Waals surface area contributed by atoms with Gasteiger partial charge in [-0.25, -0.2) is 5.10 Å². The Labute approximate surface area is 164 Å². The molecule has 27 heavy (non-hydrogen) atoms. The molecule has 3 aliphatic rings. The van der Waals surface area contributed by atoms with Crippen LogP contribution in [0.3, 0.4) is 0 Å². The molecular formula is C19H29N5O2S. The van der Waals surface area contributed by atoms with Gasteiger partial charge in [-0.3, -0.25) is 19.1 Å². The van der Waals surface area contributed by atoms with Crippen molar-refractivity contribution < 1.29 is 9.59 Å². The number of rotatable bonds is 4. The first kappa shape index (κ1) is 18.7. The molecule has 3 atom stereocenters. The summed E-state index contributed by atoms with van der Waals surface area (Å²) in [6.07, 6.45) is 6.73. The third kappa shape index (κ3) is 3.44. The van der Waals surface area contributed by atoms with E-state index in [0.29, 0.717) is 35.6 Å². The van der Waals surface area contributed by atoms with Gasteiger partial charge in [-0.05, 0) is 50.2 Å². The second-order valence-electron chi connectivity index (χ2n) is 8.72. The van der Waals surface area contributed by atoms with Gasteiger partial charge >= 0.3 is 0 Å². The lowest BCUT2D eigenvalue weighted by Crippen LogP contribution is -2.51. The van der Waals surface area contributed by atoms with E-state index in [2.05, 4.69) is 29.4 Å². The Morgan fingerprint density at radius 1 is 1.30 bits per heavy atom. The molecule has 148 valence electrons. The average Bonchev–Trinajstić information content (AvgIpc) is 3.27. The summed E-state index contributed by atoms with van der Waals surface area (Å²) in [7, 11) is 0. The second-order valence-corrected chi connectivity index (χ2v) is 9.10. The molecule has 1 aromatic rings. The van der Waals surface area contributed by atoms with Crippen molar-refractivity contribution in [1.29, 1.82) is 0 Å². The smallest absolute Gasteiger partial charge is 0.234 e. The van der Waals surface area contributed by atoms with E-state index in [4.69, 9.17) is 12.2 Å². The van der Waals surface area contributed by atoms with Gasteiger partial charge in [0.25, 0.3) is 0 Å². The van der Waals surface area contributed by atoms with Crippen LogP contribution in [0, 0.1) is 22.5 Å². The number of nitrogens with one attached hydrogen (secondary N) is 2. The zero-order valence-electron chi connectivity index (χ0n) is 16.1. The topological polar surface area (TPSA) is 83.0 Å². The van der Waals surface area contributed by atoms with Gasteiger partial charge in [-0.2, -0.15) is 0 Å². The molecule has 0 aromatic carbocycles. The Balaban J connectivity index is 1.56. The molecule has 0 spiro atoms. The van der Waals surface area contributed by atoms with Crippen LogP contribution in [-0.2, 0) is 9.59 Å². The molecule has 3 unspecified atom stereocenters. The van der Waals surface area contributed by atoms with E-state index in [1.807, 2.05) is 4.57 Å². The molecule has 1 aromatic heterocycles. The third-order valence-electron chi connectivity index (χ3n) is 6.28. The highest BCUT2D eigenvalue weighted by atomic mass is 32.1. The Morgan fingerprint density at radius 3 is 2.74 bits per heavy atom. The summed E-state index contributed by atoms with van der Waals surface area (Å²) in [6.45, 7) is 4.82. The zero-order valence-corrected chi connectivity index (χ0v) is 16.9. The van der Waals surface area contributed by atoms with Gasteiger partial charge in [0.2, 0.25) is 17.8 Å². The fraction of sp³-hybridized carbons (Fsp3) is 0.789. The minimum absolute atomic E-state index is 0.0547. The van der Waals surface area contributed by atoms with Gasteiger partial charge in [-0.1, -0.05) is 26.7 Å². The summed E-state index contributed by atoms with van der Waals surface area (Å²) in [5.74, 6) is 1.06. The zero-order chi connectivity index (χ0) is 19.1. The van der Waals surface area contributed by atoms with Crippen LogP contribution in [0.2, 0.25) is 0 Å². The highest BCUT2D eigenvalue weighted by Gasteiger charge is 2.46. The van der Waals surface area contributed by atoms with E-state index in [-0.39, 0.29) is 29.7 Å². The number of hydrogen-bond donors (Lipinski definition) is 2. The predicted octanol–water partition coefficient (Wildman–Crippen LogP) is 2.96. The molecule has 2 amide bonds. The van der Waals surface area contributed by atoms with Crippen LogP contribution in [-0.4, -0.2) is 39.2 Å². The summed E-state index contributed by atoms with van der Waals surface area (Å²) in [5.41, 5.74) is 0. The number of carbonyl (C=O) groups excluding carboxylic acids is 2. The van der Waals surface area contributed by atoms with Gasteiger partial charge < -0.3 is 5.32 Å². The van der Waals surface area contributed by atoms with Gasteiger partial charge in [0.1, 0.15) is 0 Å². The highest BCUT2D eigenvalue weighted by Crippen LogP contribution is 2.44. The summed E-state index contributed by atoms with van der Waals surface area (Å²) in [6, 6.07) is 0.256. The quantitative estimate of drug-likeness (QED) is 0.773. The second kappa shape index (κ2) is 7.37. The molecule has 0 saturated heterocycles. The normalized spacial score (nSPS) is 28.3. The number of H-pyrrole nitrogens is 1. The van der Waals surface area contributed by atoms with E-state index in [1.54, 1.807) is 4.90 Å². The maximum Gasteiger partial charge on any atom is 0.234 e. The number of aromatic amines is 1. The molecular weight excluding hydrogens is 362 g/mol. The molecule has 2 heterocycles. The summed E-state index contributed by atoms with van der Waals surface area (Å²) in [4.78, 5) is 27.7. The van der Waals surface area contributed by atoms with E-state index >= 15 is 0 Å². The Kier molecular flexibility index (Phi) is 5.09. The first-order chi connectivity index (χ1) is 13.0. The molecule has 0 radical (unpaired) electrons. The molecule has 1 aliphatic heterocycles. The maximum absolute atomic E-state index is 13.1. The number of fused-ring (bicyclic) bond motifs is 3. The van der Waals surface area contributed by atoms with Crippen molar-refractivity contribution in [2.24, 2.45) is 17.8 Å². The van der Waals surface area contributed by atoms with E-state index in [1.165, 1.54) is 12.8 Å². The average molecular weight is 392 g/mol. The summed E-state index contributed by atoms with van der Waals surface area (Å²) >= 11 is 5.47. The van der Waals surface area contributed by atoms with E-state index in [9.17, 15) is 9.59 Å². The number of amides is 2. The number of carbonyl (C=O) groups is 2. The lowest BCUT2D eigenvalue weighted by Gasteiger charge is -2.42. The fourth-order valence-corrected chi connectivity index (χ4v) is 5.23. The Morgan fingerprint density at radius 2 is 2.04 bits per heavy atom. The van der Waals surface area contributed by atoms with Crippen LogP contribution < -0.4 is 10.2 Å². The molecule has 4 rings (SSSR count). The molecule has 2 aliphatic carbocycles. The van der Waals surface area contributed by atoms with Gasteiger partial charge in [0.05, 0.1) is 12.0 Å². The number of hydrogen-bond acceptors (Lipinski definition) is 4. The van der Waals surface area contributed by atoms with Crippen LogP contribution in [0.5, 0.6) is 0 Å². The first-order valence-corrected chi connectivity index (χ1v) is 10.6. The minimum Gasteiger partial charge on any atom is -0.353 e. The lowest BCUT2D eigenvalue weighted by atomic mass is 9.76. The van der Waals surface area contributed by atoms with E-state index < -0.39 is 0 Å². The lowest BCUT2D eigenvalue weighted by molar-refractivity contribution is -0.132. The maximum atomic E-state index is 13.1. The van der Waals surface area contributed by atoms with Crippen molar-refractivity contribution in [2.75, 3.05) is 11.4 Å². The number of nitrogens with zero attached hydrogens (tertiary/aromatic N) is 3. The Hall–Kier alpha value is -1.70. The third-order valence-corrected chi connectivity index (χ3v) is 6.57. The Bertz CT molecular complexity index is 779. The first-order valence-electron chi connectivity index (χ1n) is 10.2. The van der Waals surface area contributed by atoms with Crippen LogP contribution >= 0.6 is 12.2 Å². The number of anilines is 1. The molecule has 7 nitrogen and oxygen atoms in total. The van der Waals surface area contributed by atoms with Crippen LogP contribution in [0.1, 0.15) is 64.8 Å². The van der Waals surface area contributed by atoms with E-state index in [0.717, 1.165) is 25.7 Å². The minimum atomic E-state index is -0.115. The SMILES string of the molecule is CC(C)CN1C(=O)C2CCC(C(=O)NC3CCCC3)CC2n2c1n[nH]c2=S. The summed E-state index contributed by atoms with van der Waals surface area (Å²) < 4.78 is 2.52. The monoisotopic (exact) mass is 391 g/mol. The molecule has 2 saturated carbocycles. The molecule has 8 heteroatoms. The molecule has 2 N–H and O–H groups in total.